The third kappa shape index (κ3) is 19.8. The number of nitrogens with one attached hydrogen (secondary N) is 3. The van der Waals surface area contributed by atoms with Gasteiger partial charge in [-0.15, -0.1) is 0 Å². The minimum Gasteiger partial charge on any atom is -0.270 e. The largest absolute Gasteiger partial charge is 0.393 e. The standard InChI is InChI=1S/C39H69N3O3/c1-5-9-13-17-19-24-30-34(28-22-15-11-7-3)37(43)40-42(39(45)36-32-26-21-27-33-36)41-38(44)35(29-23-16-12-8-4)31-25-20-18-14-10-6-2/h21,26-27,32-35H,5-20,22-25,28-31H2,1-4H3,(H,40,43)(H,41,44)/p+1. The highest BCUT2D eigenvalue weighted by molar-refractivity contribution is 5.89. The van der Waals surface area contributed by atoms with Crippen molar-refractivity contribution in [2.75, 3.05) is 0 Å². The van der Waals surface area contributed by atoms with Crippen molar-refractivity contribution < 1.29 is 19.5 Å². The van der Waals surface area contributed by atoms with Gasteiger partial charge < -0.3 is 0 Å². The molecule has 3 N–H and O–H groups in total. The molecule has 1 rings (SSSR count). The maximum Gasteiger partial charge on any atom is 0.393 e. The van der Waals surface area contributed by atoms with E-state index < -0.39 is 0 Å². The molecule has 0 spiro atoms. The zero-order chi connectivity index (χ0) is 33.0. The molecule has 0 aromatic heterocycles. The van der Waals surface area contributed by atoms with Gasteiger partial charge in [0.1, 0.15) is 0 Å². The second kappa shape index (κ2) is 28.0. The first-order chi connectivity index (χ1) is 22.0. The van der Waals surface area contributed by atoms with Crippen molar-refractivity contribution in [2.45, 2.75) is 182 Å². The lowest BCUT2D eigenvalue weighted by molar-refractivity contribution is -0.890. The van der Waals surface area contributed by atoms with E-state index in [4.69, 9.17) is 0 Å². The minimum atomic E-state index is -0.328. The molecule has 0 aliphatic rings. The Balaban J connectivity index is 3.03. The summed E-state index contributed by atoms with van der Waals surface area (Å²) in [5.74, 6) is -0.899. The monoisotopic (exact) mass is 629 g/mol. The molecule has 0 fully saturated rings. The van der Waals surface area contributed by atoms with E-state index in [2.05, 4.69) is 38.5 Å². The molecule has 0 saturated heterocycles. The first-order valence-electron chi connectivity index (χ1n) is 19.1. The van der Waals surface area contributed by atoms with Crippen LogP contribution in [-0.4, -0.2) is 17.7 Å². The van der Waals surface area contributed by atoms with Gasteiger partial charge >= 0.3 is 5.91 Å². The van der Waals surface area contributed by atoms with Crippen molar-refractivity contribution >= 4 is 17.7 Å². The van der Waals surface area contributed by atoms with Gasteiger partial charge in [-0.1, -0.05) is 179 Å². The molecule has 2 atom stereocenters. The van der Waals surface area contributed by atoms with Crippen molar-refractivity contribution in [1.82, 2.24) is 10.9 Å². The first kappa shape index (κ1) is 40.8. The van der Waals surface area contributed by atoms with Gasteiger partial charge in [0.2, 0.25) is 0 Å². The lowest BCUT2D eigenvalue weighted by Crippen LogP contribution is -3.27. The second-order valence-corrected chi connectivity index (χ2v) is 13.3. The van der Waals surface area contributed by atoms with Crippen LogP contribution in [0.2, 0.25) is 0 Å². The summed E-state index contributed by atoms with van der Waals surface area (Å²) in [5, 5.41) is 0.0270. The number of unbranched alkanes of at least 4 members (excludes halogenated alkanes) is 16. The van der Waals surface area contributed by atoms with E-state index in [0.29, 0.717) is 5.56 Å². The van der Waals surface area contributed by atoms with Gasteiger partial charge in [0, 0.05) is 11.8 Å². The maximum absolute atomic E-state index is 13.8. The van der Waals surface area contributed by atoms with Crippen molar-refractivity contribution in [3.05, 3.63) is 35.9 Å². The topological polar surface area (TPSA) is 79.7 Å². The van der Waals surface area contributed by atoms with Gasteiger partial charge in [-0.05, 0) is 37.8 Å². The van der Waals surface area contributed by atoms with Crippen molar-refractivity contribution in [2.24, 2.45) is 11.8 Å². The van der Waals surface area contributed by atoms with E-state index in [9.17, 15) is 14.4 Å². The Morgan fingerprint density at radius 2 is 0.800 bits per heavy atom. The van der Waals surface area contributed by atoms with Crippen LogP contribution in [0.1, 0.15) is 192 Å². The average molecular weight is 629 g/mol. The van der Waals surface area contributed by atoms with Gasteiger partial charge in [0.15, 0.2) is 0 Å². The van der Waals surface area contributed by atoms with E-state index in [-0.39, 0.29) is 34.7 Å². The molecule has 2 unspecified atom stereocenters. The molecule has 258 valence electrons. The fourth-order valence-corrected chi connectivity index (χ4v) is 6.12. The van der Waals surface area contributed by atoms with Crippen LogP contribution in [0.15, 0.2) is 30.3 Å². The summed E-state index contributed by atoms with van der Waals surface area (Å²) < 4.78 is 0. The van der Waals surface area contributed by atoms with Crippen LogP contribution in [0.5, 0.6) is 0 Å². The fourth-order valence-electron chi connectivity index (χ4n) is 6.12. The van der Waals surface area contributed by atoms with E-state index in [1.807, 2.05) is 18.2 Å². The molecule has 45 heavy (non-hydrogen) atoms. The Kier molecular flexibility index (Phi) is 25.4. The molecule has 1 aromatic rings. The van der Waals surface area contributed by atoms with Crippen LogP contribution in [0.25, 0.3) is 0 Å². The molecule has 0 bridgehead atoms. The number of rotatable bonds is 27. The highest BCUT2D eigenvalue weighted by Crippen LogP contribution is 2.20. The number of carbonyl (C=O) groups excluding carboxylic acids is 3. The van der Waals surface area contributed by atoms with Gasteiger partial charge in [0.25, 0.3) is 11.8 Å². The summed E-state index contributed by atoms with van der Waals surface area (Å²) in [6.45, 7) is 8.85. The molecule has 0 heterocycles. The molecule has 6 nitrogen and oxygen atoms in total. The lowest BCUT2D eigenvalue weighted by atomic mass is 9.93. The normalized spacial score (nSPS) is 13.2. The van der Waals surface area contributed by atoms with E-state index in [0.717, 1.165) is 89.9 Å². The quantitative estimate of drug-likeness (QED) is 0.0671. The summed E-state index contributed by atoms with van der Waals surface area (Å²) in [6.07, 6.45) is 26.4. The number of hydrogen-bond acceptors (Lipinski definition) is 3. The summed E-state index contributed by atoms with van der Waals surface area (Å²) in [5.41, 5.74) is 6.40. The zero-order valence-electron chi connectivity index (χ0n) is 29.7. The highest BCUT2D eigenvalue weighted by atomic mass is 16.2. The molecule has 0 saturated carbocycles. The fraction of sp³-hybridized carbons (Fsp3) is 0.769. The molecule has 6 heteroatoms. The Bertz CT molecular complexity index is 830. The van der Waals surface area contributed by atoms with E-state index in [1.54, 1.807) is 12.1 Å². The maximum atomic E-state index is 13.8. The molecule has 3 amide bonds. The van der Waals surface area contributed by atoms with Crippen LogP contribution < -0.4 is 16.0 Å². The van der Waals surface area contributed by atoms with Crippen LogP contribution in [-0.2, 0) is 9.59 Å². The van der Waals surface area contributed by atoms with Crippen LogP contribution in [0.3, 0.4) is 0 Å². The number of amides is 3. The first-order valence-corrected chi connectivity index (χ1v) is 19.1. The number of quaternary nitrogens is 1. The van der Waals surface area contributed by atoms with Crippen molar-refractivity contribution in [3.63, 3.8) is 0 Å². The number of carbonyl (C=O) groups is 3. The number of hydrogen-bond donors (Lipinski definition) is 3. The zero-order valence-corrected chi connectivity index (χ0v) is 29.7. The molecular weight excluding hydrogens is 558 g/mol. The second-order valence-electron chi connectivity index (χ2n) is 13.3. The van der Waals surface area contributed by atoms with Gasteiger partial charge in [-0.3, -0.25) is 9.59 Å². The summed E-state index contributed by atoms with van der Waals surface area (Å²) >= 11 is 0. The summed E-state index contributed by atoms with van der Waals surface area (Å²) in [6, 6.07) is 9.00. The molecule has 0 radical (unpaired) electrons. The molecule has 0 aliphatic carbocycles. The third-order valence-electron chi connectivity index (χ3n) is 9.13. The van der Waals surface area contributed by atoms with Gasteiger partial charge in [-0.25, -0.2) is 4.79 Å². The summed E-state index contributed by atoms with van der Waals surface area (Å²) in [4.78, 5) is 41.3. The Morgan fingerprint density at radius 1 is 0.489 bits per heavy atom. The highest BCUT2D eigenvalue weighted by Gasteiger charge is 2.32. The van der Waals surface area contributed by atoms with Crippen LogP contribution in [0.4, 0.5) is 0 Å². The van der Waals surface area contributed by atoms with Crippen molar-refractivity contribution in [1.29, 1.82) is 0 Å². The average Bonchev–Trinajstić information content (AvgIpc) is 3.05. The summed E-state index contributed by atoms with van der Waals surface area (Å²) in [7, 11) is 0. The smallest absolute Gasteiger partial charge is 0.270 e. The minimum absolute atomic E-state index is 0.0270. The predicted octanol–water partition coefficient (Wildman–Crippen LogP) is 9.45. The van der Waals surface area contributed by atoms with Crippen molar-refractivity contribution in [3.8, 4) is 0 Å². The molecule has 0 aliphatic heterocycles. The molecule has 1 aromatic carbocycles. The Morgan fingerprint density at radius 3 is 1.16 bits per heavy atom. The Labute approximate surface area is 277 Å². The lowest BCUT2D eigenvalue weighted by Gasteiger charge is -2.23. The van der Waals surface area contributed by atoms with E-state index in [1.165, 1.54) is 64.2 Å². The SMILES string of the molecule is CCCCCCCCC(CCCCCC)C(=O)N[NH+](NC(=O)C(CCCCCC)CCCCCCCC)C(=O)c1ccccc1. The Hall–Kier alpha value is -2.21. The van der Waals surface area contributed by atoms with E-state index >= 15 is 0 Å². The molecular formula is C39H70N3O3+. The van der Waals surface area contributed by atoms with Gasteiger partial charge in [0.05, 0.1) is 5.56 Å². The number of benzene rings is 1. The predicted molar refractivity (Wildman–Crippen MR) is 189 cm³/mol. The third-order valence-corrected chi connectivity index (χ3v) is 9.13. The van der Waals surface area contributed by atoms with Crippen LogP contribution in [0, 0.1) is 11.8 Å². The van der Waals surface area contributed by atoms with Gasteiger partial charge in [-0.2, -0.15) is 10.9 Å². The van der Waals surface area contributed by atoms with Crippen LogP contribution >= 0.6 is 0 Å².